The average Bonchev–Trinajstić information content (AvgIpc) is 2.84. The molecule has 3 N–H and O–H groups in total. The van der Waals surface area contributed by atoms with Gasteiger partial charge in [-0.1, -0.05) is 12.8 Å². The molecule has 1 aromatic rings. The number of rotatable bonds is 3. The second-order valence-corrected chi connectivity index (χ2v) is 4.69. The minimum absolute atomic E-state index is 0. The fourth-order valence-electron chi connectivity index (χ4n) is 2.57. The molecule has 106 valence electrons. The van der Waals surface area contributed by atoms with Crippen LogP contribution in [0.3, 0.4) is 0 Å². The number of nitro groups is 1. The smallest absolute Gasteiger partial charge is 0.313 e. The first-order valence-corrected chi connectivity index (χ1v) is 5.93. The third kappa shape index (κ3) is 3.13. The summed E-state index contributed by atoms with van der Waals surface area (Å²) in [7, 11) is 0. The van der Waals surface area contributed by atoms with Crippen molar-refractivity contribution in [1.82, 2.24) is 0 Å². The van der Waals surface area contributed by atoms with Gasteiger partial charge in [0.25, 0.3) is 0 Å². The largest absolute Gasteiger partial charge is 0.502 e. The molecule has 0 spiro atoms. The summed E-state index contributed by atoms with van der Waals surface area (Å²) in [6.07, 6.45) is 3.92. The van der Waals surface area contributed by atoms with E-state index in [1.807, 2.05) is 0 Å². The third-order valence-corrected chi connectivity index (χ3v) is 3.55. The van der Waals surface area contributed by atoms with E-state index in [-0.39, 0.29) is 23.9 Å². The first kappa shape index (κ1) is 15.7. The first-order valence-electron chi connectivity index (χ1n) is 5.93. The average molecular weight is 291 g/mol. The van der Waals surface area contributed by atoms with Gasteiger partial charge in [0.15, 0.2) is 5.75 Å². The zero-order valence-electron chi connectivity index (χ0n) is 10.2. The van der Waals surface area contributed by atoms with Crippen LogP contribution in [0.2, 0.25) is 0 Å². The van der Waals surface area contributed by atoms with Gasteiger partial charge in [-0.15, -0.1) is 12.4 Å². The molecule has 1 aliphatic carbocycles. The molecule has 19 heavy (non-hydrogen) atoms. The Kier molecular flexibility index (Phi) is 5.08. The molecule has 5 nitrogen and oxygen atoms in total. The van der Waals surface area contributed by atoms with Gasteiger partial charge in [0, 0.05) is 11.6 Å². The van der Waals surface area contributed by atoms with Gasteiger partial charge in [-0.3, -0.25) is 10.1 Å². The lowest BCUT2D eigenvalue weighted by atomic mass is 9.91. The molecule has 2 rings (SSSR count). The summed E-state index contributed by atoms with van der Waals surface area (Å²) >= 11 is 0. The summed E-state index contributed by atoms with van der Waals surface area (Å²) in [6, 6.07) is 1.24. The fraction of sp³-hybridized carbons (Fsp3) is 0.500. The van der Waals surface area contributed by atoms with E-state index in [2.05, 4.69) is 0 Å². The topological polar surface area (TPSA) is 89.4 Å². The van der Waals surface area contributed by atoms with Gasteiger partial charge in [0.2, 0.25) is 0 Å². The highest BCUT2D eigenvalue weighted by Gasteiger charge is 2.29. The van der Waals surface area contributed by atoms with Gasteiger partial charge in [-0.25, -0.2) is 4.39 Å². The van der Waals surface area contributed by atoms with Crippen LogP contribution >= 0.6 is 12.4 Å². The third-order valence-electron chi connectivity index (χ3n) is 3.55. The van der Waals surface area contributed by atoms with E-state index >= 15 is 0 Å². The molecule has 0 unspecified atom stereocenters. The summed E-state index contributed by atoms with van der Waals surface area (Å²) in [4.78, 5) is 9.91. The highest BCUT2D eigenvalue weighted by atomic mass is 35.5. The van der Waals surface area contributed by atoms with Crippen molar-refractivity contribution in [1.29, 1.82) is 0 Å². The Morgan fingerprint density at radius 2 is 2.00 bits per heavy atom. The number of nitro benzene ring substituents is 1. The zero-order chi connectivity index (χ0) is 13.3. The minimum atomic E-state index is -0.802. The van der Waals surface area contributed by atoms with Crippen molar-refractivity contribution >= 4 is 18.1 Å². The molecular formula is C12H16ClFN2O3. The van der Waals surface area contributed by atoms with Crippen LogP contribution in [0, 0.1) is 21.8 Å². The van der Waals surface area contributed by atoms with Crippen molar-refractivity contribution in [2.24, 2.45) is 11.7 Å². The Bertz CT molecular complexity index is 478. The van der Waals surface area contributed by atoms with Gasteiger partial charge < -0.3 is 10.8 Å². The Balaban J connectivity index is 0.00000180. The molecule has 0 amide bonds. The molecule has 1 saturated carbocycles. The van der Waals surface area contributed by atoms with Crippen molar-refractivity contribution in [2.45, 2.75) is 31.7 Å². The summed E-state index contributed by atoms with van der Waals surface area (Å²) < 4.78 is 13.3. The van der Waals surface area contributed by atoms with Gasteiger partial charge in [0.1, 0.15) is 5.82 Å². The van der Waals surface area contributed by atoms with Gasteiger partial charge in [0.05, 0.1) is 11.0 Å². The molecule has 1 atom stereocenters. The molecule has 0 saturated heterocycles. The number of aromatic hydroxyl groups is 1. The highest BCUT2D eigenvalue weighted by molar-refractivity contribution is 5.85. The van der Waals surface area contributed by atoms with Crippen LogP contribution in [0.15, 0.2) is 12.1 Å². The molecule has 0 aliphatic heterocycles. The van der Waals surface area contributed by atoms with Crippen molar-refractivity contribution in [3.05, 3.63) is 33.6 Å². The lowest BCUT2D eigenvalue weighted by Gasteiger charge is -2.20. The number of hydrogen-bond acceptors (Lipinski definition) is 4. The number of phenols is 1. The number of hydrogen-bond donors (Lipinski definition) is 2. The van der Waals surface area contributed by atoms with E-state index in [0.717, 1.165) is 31.7 Å². The van der Waals surface area contributed by atoms with Crippen LogP contribution < -0.4 is 5.73 Å². The Labute approximate surface area is 116 Å². The number of phenolic OH excluding ortho intramolecular Hbond substituents is 1. The maximum atomic E-state index is 13.3. The summed E-state index contributed by atoms with van der Waals surface area (Å²) in [5.74, 6) is -1.11. The summed E-state index contributed by atoms with van der Waals surface area (Å²) in [5.41, 5.74) is 5.50. The van der Waals surface area contributed by atoms with E-state index in [1.165, 1.54) is 0 Å². The monoisotopic (exact) mass is 290 g/mol. The van der Waals surface area contributed by atoms with Crippen LogP contribution in [-0.2, 0) is 0 Å². The minimum Gasteiger partial charge on any atom is -0.502 e. The maximum absolute atomic E-state index is 13.3. The van der Waals surface area contributed by atoms with Crippen molar-refractivity contribution < 1.29 is 14.4 Å². The summed E-state index contributed by atoms with van der Waals surface area (Å²) in [6.45, 7) is 0. The standard InChI is InChI=1S/C12H15FN2O3.ClH/c13-8-5-9(11(14)7-3-1-2-4-7)12(16)10(6-8)15(17)18;/h5-7,11,16H,1-4,14H2;1H/t11-;/m1./s1. The van der Waals surface area contributed by atoms with Crippen LogP contribution in [0.1, 0.15) is 37.3 Å². The second kappa shape index (κ2) is 6.16. The highest BCUT2D eigenvalue weighted by Crippen LogP contribution is 2.40. The van der Waals surface area contributed by atoms with E-state index in [1.54, 1.807) is 0 Å². The fourth-order valence-corrected chi connectivity index (χ4v) is 2.57. The van der Waals surface area contributed by atoms with Gasteiger partial charge in [-0.05, 0) is 24.8 Å². The molecule has 1 aromatic carbocycles. The Hall–Kier alpha value is -1.40. The Morgan fingerprint density at radius 3 is 2.53 bits per heavy atom. The van der Waals surface area contributed by atoms with E-state index in [0.29, 0.717) is 6.07 Å². The number of halogens is 2. The van der Waals surface area contributed by atoms with Crippen molar-refractivity contribution in [2.75, 3.05) is 0 Å². The predicted octanol–water partition coefficient (Wildman–Crippen LogP) is 3.05. The summed E-state index contributed by atoms with van der Waals surface area (Å²) in [5, 5.41) is 20.5. The van der Waals surface area contributed by atoms with Crippen molar-refractivity contribution in [3.8, 4) is 5.75 Å². The van der Waals surface area contributed by atoms with Crippen LogP contribution in [0.4, 0.5) is 10.1 Å². The SMILES string of the molecule is Cl.N[C@@H](c1cc(F)cc([N+](=O)[O-])c1O)C1CCCC1. The first-order chi connectivity index (χ1) is 8.50. The molecule has 1 aliphatic rings. The normalized spacial score (nSPS) is 16.9. The Morgan fingerprint density at radius 1 is 1.42 bits per heavy atom. The molecule has 0 bridgehead atoms. The van der Waals surface area contributed by atoms with E-state index in [4.69, 9.17) is 5.73 Å². The number of nitrogens with zero attached hydrogens (tertiary/aromatic N) is 1. The number of nitrogens with two attached hydrogens (primary N) is 1. The quantitative estimate of drug-likeness (QED) is 0.661. The maximum Gasteiger partial charge on any atom is 0.313 e. The van der Waals surface area contributed by atoms with Gasteiger partial charge >= 0.3 is 5.69 Å². The van der Waals surface area contributed by atoms with Crippen LogP contribution in [-0.4, -0.2) is 10.0 Å². The van der Waals surface area contributed by atoms with Crippen LogP contribution in [0.25, 0.3) is 0 Å². The molecule has 0 heterocycles. The van der Waals surface area contributed by atoms with E-state index < -0.39 is 28.2 Å². The molecule has 1 fully saturated rings. The van der Waals surface area contributed by atoms with Gasteiger partial charge in [-0.2, -0.15) is 0 Å². The molecule has 0 aromatic heterocycles. The number of benzene rings is 1. The van der Waals surface area contributed by atoms with Crippen molar-refractivity contribution in [3.63, 3.8) is 0 Å². The predicted molar refractivity (Wildman–Crippen MR) is 70.9 cm³/mol. The second-order valence-electron chi connectivity index (χ2n) is 4.69. The van der Waals surface area contributed by atoms with E-state index in [9.17, 15) is 19.6 Å². The lowest BCUT2D eigenvalue weighted by molar-refractivity contribution is -0.386. The molecule has 0 radical (unpaired) electrons. The van der Waals surface area contributed by atoms with Crippen LogP contribution in [0.5, 0.6) is 5.75 Å². The zero-order valence-corrected chi connectivity index (χ0v) is 11.0. The lowest BCUT2D eigenvalue weighted by Crippen LogP contribution is -2.19. The molecular weight excluding hydrogens is 275 g/mol. The molecule has 7 heteroatoms.